The molecule has 0 aromatic carbocycles. The maximum atomic E-state index is 10.6. The van der Waals surface area contributed by atoms with Gasteiger partial charge in [0.1, 0.15) is 12.4 Å². The number of methoxy groups -OCH3 is 1. The molecule has 0 aliphatic rings. The minimum atomic E-state index is -0.509. The van der Waals surface area contributed by atoms with Gasteiger partial charge < -0.3 is 4.74 Å². The van der Waals surface area contributed by atoms with Crippen LogP contribution in [0.25, 0.3) is 0 Å². The maximum absolute atomic E-state index is 10.6. The van der Waals surface area contributed by atoms with Crippen molar-refractivity contribution in [2.24, 2.45) is 0 Å². The lowest BCUT2D eigenvalue weighted by molar-refractivity contribution is -0.385. The second-order valence-electron chi connectivity index (χ2n) is 3.74. The van der Waals surface area contributed by atoms with E-state index in [2.05, 4.69) is 15.3 Å². The van der Waals surface area contributed by atoms with E-state index in [0.29, 0.717) is 11.4 Å². The number of aromatic nitrogens is 4. The van der Waals surface area contributed by atoms with E-state index in [1.165, 1.54) is 24.2 Å². The van der Waals surface area contributed by atoms with Gasteiger partial charge in [-0.2, -0.15) is 5.10 Å². The molecule has 0 fully saturated rings. The molecule has 0 radical (unpaired) electrons. The highest BCUT2D eigenvalue weighted by molar-refractivity contribution is 6.29. The molecule has 0 aliphatic heterocycles. The van der Waals surface area contributed by atoms with Crippen molar-refractivity contribution in [1.29, 1.82) is 0 Å². The SMILES string of the molecule is COc1nnc(Cl)cc1C(C)n1cc([N+](=O)[O-])cn1. The Bertz CT molecular complexity index is 615. The summed E-state index contributed by atoms with van der Waals surface area (Å²) in [6.45, 7) is 1.80. The minimum absolute atomic E-state index is 0.0843. The third-order valence-corrected chi connectivity index (χ3v) is 2.78. The van der Waals surface area contributed by atoms with E-state index >= 15 is 0 Å². The van der Waals surface area contributed by atoms with Crippen LogP contribution in [0.4, 0.5) is 5.69 Å². The predicted octanol–water partition coefficient (Wildman–Crippen LogP) is 1.85. The lowest BCUT2D eigenvalue weighted by atomic mass is 10.1. The van der Waals surface area contributed by atoms with Gasteiger partial charge in [0.05, 0.1) is 18.1 Å². The van der Waals surface area contributed by atoms with Crippen molar-refractivity contribution in [3.8, 4) is 5.88 Å². The summed E-state index contributed by atoms with van der Waals surface area (Å²) in [5, 5.41) is 22.3. The van der Waals surface area contributed by atoms with Gasteiger partial charge in [-0.15, -0.1) is 10.2 Å². The molecule has 0 aliphatic carbocycles. The van der Waals surface area contributed by atoms with Crippen LogP contribution in [0.3, 0.4) is 0 Å². The van der Waals surface area contributed by atoms with Gasteiger partial charge in [-0.05, 0) is 13.0 Å². The number of hydrogen-bond acceptors (Lipinski definition) is 6. The molecule has 2 heterocycles. The Balaban J connectivity index is 2.39. The molecule has 0 saturated carbocycles. The highest BCUT2D eigenvalue weighted by Crippen LogP contribution is 2.27. The molecular weight excluding hydrogens is 274 g/mol. The molecule has 0 spiro atoms. The molecule has 0 amide bonds. The van der Waals surface area contributed by atoms with E-state index in [1.54, 1.807) is 13.0 Å². The smallest absolute Gasteiger partial charge is 0.307 e. The summed E-state index contributed by atoms with van der Waals surface area (Å²) in [6, 6.07) is 1.27. The minimum Gasteiger partial charge on any atom is -0.480 e. The van der Waals surface area contributed by atoms with Crippen molar-refractivity contribution in [3.05, 3.63) is 39.3 Å². The molecule has 9 heteroatoms. The lowest BCUT2D eigenvalue weighted by Crippen LogP contribution is -2.10. The first-order valence-corrected chi connectivity index (χ1v) is 5.66. The van der Waals surface area contributed by atoms with Gasteiger partial charge in [-0.3, -0.25) is 14.8 Å². The summed E-state index contributed by atoms with van der Waals surface area (Å²) < 4.78 is 6.53. The van der Waals surface area contributed by atoms with Gasteiger partial charge in [0.25, 0.3) is 0 Å². The summed E-state index contributed by atoms with van der Waals surface area (Å²) in [6.07, 6.45) is 2.51. The molecule has 1 atom stereocenters. The van der Waals surface area contributed by atoms with Crippen LogP contribution < -0.4 is 4.74 Å². The van der Waals surface area contributed by atoms with Crippen LogP contribution >= 0.6 is 11.6 Å². The topological polar surface area (TPSA) is 96.0 Å². The molecule has 1 unspecified atom stereocenters. The van der Waals surface area contributed by atoms with Gasteiger partial charge in [0.2, 0.25) is 5.88 Å². The third-order valence-electron chi connectivity index (χ3n) is 2.60. The molecule has 19 heavy (non-hydrogen) atoms. The zero-order valence-electron chi connectivity index (χ0n) is 10.1. The number of ether oxygens (including phenoxy) is 1. The summed E-state index contributed by atoms with van der Waals surface area (Å²) in [7, 11) is 1.46. The molecule has 2 aromatic rings. The molecule has 0 bridgehead atoms. The van der Waals surface area contributed by atoms with Crippen LogP contribution in [-0.4, -0.2) is 32.0 Å². The lowest BCUT2D eigenvalue weighted by Gasteiger charge is -2.14. The van der Waals surface area contributed by atoms with Gasteiger partial charge in [-0.1, -0.05) is 11.6 Å². The summed E-state index contributed by atoms with van der Waals surface area (Å²) >= 11 is 5.79. The molecule has 0 N–H and O–H groups in total. The Labute approximate surface area is 113 Å². The quantitative estimate of drug-likeness (QED) is 0.627. The van der Waals surface area contributed by atoms with Crippen LogP contribution in [0, 0.1) is 10.1 Å². The standard InChI is InChI=1S/C10H10ClN5O3/c1-6(15-5-7(4-12-15)16(17)18)8-3-9(11)13-14-10(8)19-2/h3-6H,1-2H3. The Morgan fingerprint density at radius 3 is 2.84 bits per heavy atom. The van der Waals surface area contributed by atoms with Crippen LogP contribution in [0.5, 0.6) is 5.88 Å². The molecule has 8 nitrogen and oxygen atoms in total. The fraction of sp³-hybridized carbons (Fsp3) is 0.300. The highest BCUT2D eigenvalue weighted by Gasteiger charge is 2.19. The van der Waals surface area contributed by atoms with E-state index in [4.69, 9.17) is 16.3 Å². The number of halogens is 1. The number of nitrogens with zero attached hydrogens (tertiary/aromatic N) is 5. The number of rotatable bonds is 4. The third kappa shape index (κ3) is 2.63. The molecular formula is C10H10ClN5O3. The Morgan fingerprint density at radius 1 is 1.53 bits per heavy atom. The summed E-state index contributed by atoms with van der Waals surface area (Å²) in [4.78, 5) is 10.1. The van der Waals surface area contributed by atoms with Gasteiger partial charge in [-0.25, -0.2) is 0 Å². The van der Waals surface area contributed by atoms with Crippen molar-refractivity contribution in [2.45, 2.75) is 13.0 Å². The van der Waals surface area contributed by atoms with Crippen molar-refractivity contribution in [3.63, 3.8) is 0 Å². The van der Waals surface area contributed by atoms with E-state index in [0.717, 1.165) is 0 Å². The normalized spacial score (nSPS) is 12.2. The van der Waals surface area contributed by atoms with E-state index in [9.17, 15) is 10.1 Å². The van der Waals surface area contributed by atoms with E-state index in [1.807, 2.05) is 0 Å². The first kappa shape index (κ1) is 13.2. The molecule has 2 rings (SSSR count). The van der Waals surface area contributed by atoms with Crippen molar-refractivity contribution in [1.82, 2.24) is 20.0 Å². The maximum Gasteiger partial charge on any atom is 0.307 e. The molecule has 2 aromatic heterocycles. The Hall–Kier alpha value is -2.22. The summed E-state index contributed by atoms with van der Waals surface area (Å²) in [5.74, 6) is 0.301. The number of nitro groups is 1. The van der Waals surface area contributed by atoms with Gasteiger partial charge >= 0.3 is 5.69 Å². The highest BCUT2D eigenvalue weighted by atomic mass is 35.5. The largest absolute Gasteiger partial charge is 0.480 e. The van der Waals surface area contributed by atoms with Crippen LogP contribution in [0.15, 0.2) is 18.5 Å². The summed E-state index contributed by atoms with van der Waals surface area (Å²) in [5.41, 5.74) is 0.555. The van der Waals surface area contributed by atoms with Gasteiger partial charge in [0.15, 0.2) is 5.15 Å². The van der Waals surface area contributed by atoms with E-state index < -0.39 is 4.92 Å². The molecule has 100 valence electrons. The average Bonchev–Trinajstić information content (AvgIpc) is 2.87. The first-order chi connectivity index (χ1) is 9.02. The zero-order chi connectivity index (χ0) is 14.0. The van der Waals surface area contributed by atoms with Crippen molar-refractivity contribution < 1.29 is 9.66 Å². The predicted molar refractivity (Wildman–Crippen MR) is 66.3 cm³/mol. The van der Waals surface area contributed by atoms with Gasteiger partial charge in [0, 0.05) is 5.56 Å². The van der Waals surface area contributed by atoms with Crippen LogP contribution in [0.1, 0.15) is 18.5 Å². The fourth-order valence-corrected chi connectivity index (χ4v) is 1.76. The Morgan fingerprint density at radius 2 is 2.26 bits per heavy atom. The van der Waals surface area contributed by atoms with E-state index in [-0.39, 0.29) is 16.9 Å². The molecule has 0 saturated heterocycles. The number of hydrogen-bond donors (Lipinski definition) is 0. The van der Waals surface area contributed by atoms with Crippen LogP contribution in [-0.2, 0) is 0 Å². The zero-order valence-corrected chi connectivity index (χ0v) is 10.9. The van der Waals surface area contributed by atoms with Crippen LogP contribution in [0.2, 0.25) is 5.15 Å². The first-order valence-electron chi connectivity index (χ1n) is 5.28. The second-order valence-corrected chi connectivity index (χ2v) is 4.13. The Kier molecular flexibility index (Phi) is 3.61. The monoisotopic (exact) mass is 283 g/mol. The van der Waals surface area contributed by atoms with Crippen molar-refractivity contribution in [2.75, 3.05) is 7.11 Å². The fourth-order valence-electron chi connectivity index (χ4n) is 1.60. The average molecular weight is 284 g/mol. The second kappa shape index (κ2) is 5.19. The van der Waals surface area contributed by atoms with Crippen molar-refractivity contribution >= 4 is 17.3 Å².